The number of aliphatic hydroxyl groups excluding tert-OH is 3. The Morgan fingerprint density at radius 2 is 1.97 bits per heavy atom. The number of hydrogen-bond acceptors (Lipinski definition) is 4. The topological polar surface area (TPSA) is 80.9 Å². The van der Waals surface area contributed by atoms with Crippen LogP contribution < -0.4 is 0 Å². The highest BCUT2D eigenvalue weighted by atomic mass is 16.3. The van der Waals surface area contributed by atoms with Crippen molar-refractivity contribution in [2.24, 2.45) is 23.2 Å². The zero-order valence-corrected chi connectivity index (χ0v) is 20.5. The van der Waals surface area contributed by atoms with Crippen LogP contribution in [0.3, 0.4) is 0 Å². The molecular formula is C28H46O4. The maximum atomic E-state index is 10.4. The van der Waals surface area contributed by atoms with Gasteiger partial charge < -0.3 is 20.4 Å². The fourth-order valence-electron chi connectivity index (χ4n) is 7.05. The third kappa shape index (κ3) is 5.75. The van der Waals surface area contributed by atoms with E-state index in [0.29, 0.717) is 42.4 Å². The number of aliphatic hydroxyl groups is 4. The highest BCUT2D eigenvalue weighted by Crippen LogP contribution is 2.60. The SMILES string of the molecule is C=C1/C(=C\C=C2/CCC[C@]3(C)[C@@H]([C@H](C)CCC[C@@](C)(O)CCO)CC[C@@H]23)C[C@@H](O)C[C@@H]1O. The molecule has 0 aliphatic heterocycles. The lowest BCUT2D eigenvalue weighted by Gasteiger charge is -2.44. The van der Waals surface area contributed by atoms with Crippen molar-refractivity contribution in [3.05, 3.63) is 35.5 Å². The summed E-state index contributed by atoms with van der Waals surface area (Å²) in [6.45, 7) is 10.8. The lowest BCUT2D eigenvalue weighted by molar-refractivity contribution is 0.0200. The Balaban J connectivity index is 1.66. The van der Waals surface area contributed by atoms with Crippen molar-refractivity contribution in [1.82, 2.24) is 0 Å². The maximum absolute atomic E-state index is 10.4. The van der Waals surface area contributed by atoms with Crippen LogP contribution in [-0.4, -0.2) is 44.8 Å². The van der Waals surface area contributed by atoms with Gasteiger partial charge in [-0.1, -0.05) is 51.0 Å². The number of hydrogen-bond donors (Lipinski definition) is 4. The van der Waals surface area contributed by atoms with Crippen LogP contribution in [0.2, 0.25) is 0 Å². The summed E-state index contributed by atoms with van der Waals surface area (Å²) in [6.07, 6.45) is 13.8. The Kier molecular flexibility index (Phi) is 8.46. The number of fused-ring (bicyclic) bond motifs is 1. The Hall–Kier alpha value is -0.940. The minimum atomic E-state index is -0.755. The van der Waals surface area contributed by atoms with Crippen LogP contribution in [0.4, 0.5) is 0 Å². The third-order valence-electron chi connectivity index (χ3n) is 9.01. The smallest absolute Gasteiger partial charge is 0.0811 e. The fraction of sp³-hybridized carbons (Fsp3) is 0.786. The van der Waals surface area contributed by atoms with Crippen molar-refractivity contribution in [3.8, 4) is 0 Å². The van der Waals surface area contributed by atoms with Crippen LogP contribution in [0.1, 0.15) is 91.4 Å². The van der Waals surface area contributed by atoms with Gasteiger partial charge in [-0.05, 0) is 92.6 Å². The Morgan fingerprint density at radius 1 is 1.22 bits per heavy atom. The summed E-state index contributed by atoms with van der Waals surface area (Å²) in [7, 11) is 0. The van der Waals surface area contributed by atoms with E-state index < -0.39 is 17.8 Å². The van der Waals surface area contributed by atoms with E-state index in [9.17, 15) is 15.3 Å². The highest BCUT2D eigenvalue weighted by molar-refractivity contribution is 5.38. The second-order valence-corrected chi connectivity index (χ2v) is 11.5. The van der Waals surface area contributed by atoms with E-state index >= 15 is 0 Å². The first-order valence-corrected chi connectivity index (χ1v) is 12.9. The summed E-state index contributed by atoms with van der Waals surface area (Å²) in [5.41, 5.74) is 2.87. The summed E-state index contributed by atoms with van der Waals surface area (Å²) in [4.78, 5) is 0. The summed E-state index contributed by atoms with van der Waals surface area (Å²) < 4.78 is 0. The number of rotatable bonds is 8. The molecule has 4 nitrogen and oxygen atoms in total. The van der Waals surface area contributed by atoms with Gasteiger partial charge in [0.2, 0.25) is 0 Å². The van der Waals surface area contributed by atoms with Gasteiger partial charge in [-0.2, -0.15) is 0 Å². The molecule has 0 spiro atoms. The molecule has 0 aromatic rings. The predicted molar refractivity (Wildman–Crippen MR) is 130 cm³/mol. The van der Waals surface area contributed by atoms with Crippen molar-refractivity contribution in [3.63, 3.8) is 0 Å². The third-order valence-corrected chi connectivity index (χ3v) is 9.01. The van der Waals surface area contributed by atoms with Crippen molar-refractivity contribution in [1.29, 1.82) is 0 Å². The minimum Gasteiger partial charge on any atom is -0.396 e. The summed E-state index contributed by atoms with van der Waals surface area (Å²) >= 11 is 0. The average Bonchev–Trinajstić information content (AvgIpc) is 3.07. The Morgan fingerprint density at radius 3 is 2.69 bits per heavy atom. The van der Waals surface area contributed by atoms with Gasteiger partial charge in [-0.25, -0.2) is 0 Å². The van der Waals surface area contributed by atoms with Crippen LogP contribution in [0.5, 0.6) is 0 Å². The molecule has 0 unspecified atom stereocenters. The zero-order valence-electron chi connectivity index (χ0n) is 20.5. The second kappa shape index (κ2) is 10.5. The molecule has 3 saturated carbocycles. The van der Waals surface area contributed by atoms with Gasteiger partial charge in [-0.15, -0.1) is 0 Å². The molecule has 0 aromatic carbocycles. The van der Waals surface area contributed by atoms with Gasteiger partial charge in [0.15, 0.2) is 0 Å². The quantitative estimate of drug-likeness (QED) is 0.420. The molecule has 0 amide bonds. The van der Waals surface area contributed by atoms with E-state index in [1.807, 2.05) is 6.92 Å². The van der Waals surface area contributed by atoms with Gasteiger partial charge in [-0.3, -0.25) is 0 Å². The first-order valence-electron chi connectivity index (χ1n) is 12.9. The van der Waals surface area contributed by atoms with Crippen molar-refractivity contribution >= 4 is 0 Å². The largest absolute Gasteiger partial charge is 0.396 e. The molecule has 3 aliphatic rings. The van der Waals surface area contributed by atoms with Gasteiger partial charge in [0.1, 0.15) is 0 Å². The van der Waals surface area contributed by atoms with E-state index in [1.165, 1.54) is 31.3 Å². The summed E-state index contributed by atoms with van der Waals surface area (Å²) in [5.74, 6) is 1.96. The van der Waals surface area contributed by atoms with Crippen molar-refractivity contribution in [2.45, 2.75) is 109 Å². The fourth-order valence-corrected chi connectivity index (χ4v) is 7.05. The molecule has 3 aliphatic carbocycles. The first kappa shape index (κ1) is 25.7. The van der Waals surface area contributed by atoms with E-state index in [-0.39, 0.29) is 6.61 Å². The van der Waals surface area contributed by atoms with Crippen LogP contribution in [0.15, 0.2) is 35.5 Å². The molecule has 0 heterocycles. The van der Waals surface area contributed by atoms with Gasteiger partial charge in [0, 0.05) is 13.0 Å². The Bertz CT molecular complexity index is 721. The molecule has 0 aromatic heterocycles. The second-order valence-electron chi connectivity index (χ2n) is 11.5. The maximum Gasteiger partial charge on any atom is 0.0811 e. The van der Waals surface area contributed by atoms with Gasteiger partial charge >= 0.3 is 0 Å². The van der Waals surface area contributed by atoms with Gasteiger partial charge in [0.25, 0.3) is 0 Å². The molecule has 4 N–H and O–H groups in total. The van der Waals surface area contributed by atoms with Crippen LogP contribution in [0, 0.1) is 23.2 Å². The van der Waals surface area contributed by atoms with E-state index in [1.54, 1.807) is 0 Å². The molecule has 32 heavy (non-hydrogen) atoms. The van der Waals surface area contributed by atoms with Crippen LogP contribution >= 0.6 is 0 Å². The van der Waals surface area contributed by atoms with Crippen LogP contribution in [-0.2, 0) is 0 Å². The van der Waals surface area contributed by atoms with Crippen molar-refractivity contribution in [2.75, 3.05) is 6.61 Å². The first-order chi connectivity index (χ1) is 15.1. The zero-order chi connectivity index (χ0) is 23.5. The summed E-state index contributed by atoms with van der Waals surface area (Å²) in [5, 5.41) is 39.7. The molecular weight excluding hydrogens is 400 g/mol. The van der Waals surface area contributed by atoms with Crippen LogP contribution in [0.25, 0.3) is 0 Å². The molecule has 0 radical (unpaired) electrons. The average molecular weight is 447 g/mol. The highest BCUT2D eigenvalue weighted by Gasteiger charge is 2.50. The lowest BCUT2D eigenvalue weighted by atomic mass is 9.60. The molecule has 3 rings (SSSR count). The van der Waals surface area contributed by atoms with Gasteiger partial charge in [0.05, 0.1) is 17.8 Å². The Labute approximate surface area is 195 Å². The lowest BCUT2D eigenvalue weighted by Crippen LogP contribution is -2.36. The van der Waals surface area contributed by atoms with Crippen molar-refractivity contribution < 1.29 is 20.4 Å². The van der Waals surface area contributed by atoms with E-state index in [0.717, 1.165) is 36.8 Å². The molecule has 7 atom stereocenters. The van der Waals surface area contributed by atoms with E-state index in [2.05, 4.69) is 32.6 Å². The molecule has 182 valence electrons. The number of allylic oxidation sites excluding steroid dienone is 3. The molecule has 0 bridgehead atoms. The molecule has 4 heteroatoms. The normalized spacial score (nSPS) is 38.7. The van der Waals surface area contributed by atoms with E-state index in [4.69, 9.17) is 5.11 Å². The molecule has 3 fully saturated rings. The monoisotopic (exact) mass is 446 g/mol. The predicted octanol–water partition coefficient (Wildman–Crippen LogP) is 5.07. The molecule has 0 saturated heterocycles. The summed E-state index contributed by atoms with van der Waals surface area (Å²) in [6, 6.07) is 0. The minimum absolute atomic E-state index is 0.0431. The standard InChI is InChI=1S/C28H46O4/c1-19(7-5-13-27(3,32)15-16-29)24-11-12-25-21(8-6-14-28(24,25)4)9-10-22-17-23(30)18-26(31)20(22)2/h9-10,19,23-26,29-32H,2,5-8,11-18H2,1,3-4H3/b21-9+,22-10-/t19-,23-,24-,25+,26+,27-,28-/m1/s1.